The Hall–Kier alpha value is -2.51. The van der Waals surface area contributed by atoms with Crippen molar-refractivity contribution in [2.24, 2.45) is 0 Å². The van der Waals surface area contributed by atoms with Gasteiger partial charge in [0.2, 0.25) is 5.95 Å². The molecule has 2 fully saturated rings. The van der Waals surface area contributed by atoms with Gasteiger partial charge in [-0.15, -0.1) is 0 Å². The lowest BCUT2D eigenvalue weighted by Crippen LogP contribution is -2.37. The predicted octanol–water partition coefficient (Wildman–Crippen LogP) is 1.81. The fourth-order valence-electron chi connectivity index (χ4n) is 3.31. The van der Waals surface area contributed by atoms with E-state index in [-0.39, 0.29) is 11.9 Å². The van der Waals surface area contributed by atoms with Gasteiger partial charge in [0, 0.05) is 36.5 Å². The first-order valence-electron chi connectivity index (χ1n) is 9.36. The molecule has 27 heavy (non-hydrogen) atoms. The molecule has 7 heteroatoms. The van der Waals surface area contributed by atoms with Crippen molar-refractivity contribution in [3.05, 3.63) is 41.6 Å². The van der Waals surface area contributed by atoms with Crippen LogP contribution in [0, 0.1) is 6.92 Å². The number of carbonyl (C=O) groups excluding carboxylic acids is 1. The minimum Gasteiger partial charge on any atom is -0.379 e. The van der Waals surface area contributed by atoms with Gasteiger partial charge in [0.05, 0.1) is 31.6 Å². The van der Waals surface area contributed by atoms with E-state index in [0.717, 1.165) is 42.4 Å². The lowest BCUT2D eigenvalue weighted by atomic mass is 10.1. The summed E-state index contributed by atoms with van der Waals surface area (Å²) in [6.45, 7) is 6.27. The summed E-state index contributed by atoms with van der Waals surface area (Å²) >= 11 is 0. The monoisotopic (exact) mass is 368 g/mol. The molecule has 0 spiro atoms. The standard InChI is InChI=1S/C20H24N4O3/c1-14-12-18(23-20(21-14)24-7-10-26-11-8-24)15-2-4-16(5-3-15)19(25)22-17-6-9-27-13-17/h2-5,12,17H,6-11,13H2,1H3,(H,22,25). The molecule has 1 N–H and O–H groups in total. The molecule has 142 valence electrons. The van der Waals surface area contributed by atoms with Crippen LogP contribution in [0.1, 0.15) is 22.5 Å². The molecule has 0 aliphatic carbocycles. The topological polar surface area (TPSA) is 76.6 Å². The van der Waals surface area contributed by atoms with E-state index >= 15 is 0 Å². The third-order valence-corrected chi connectivity index (χ3v) is 4.84. The van der Waals surface area contributed by atoms with Crippen LogP contribution in [0.3, 0.4) is 0 Å². The van der Waals surface area contributed by atoms with Crippen molar-refractivity contribution in [3.8, 4) is 11.3 Å². The molecule has 7 nitrogen and oxygen atoms in total. The van der Waals surface area contributed by atoms with Crippen LogP contribution in [0.4, 0.5) is 5.95 Å². The van der Waals surface area contributed by atoms with Crippen molar-refractivity contribution in [3.63, 3.8) is 0 Å². The van der Waals surface area contributed by atoms with Crippen LogP contribution in [-0.2, 0) is 9.47 Å². The number of hydrogen-bond donors (Lipinski definition) is 1. The molecule has 1 aromatic heterocycles. The maximum Gasteiger partial charge on any atom is 0.251 e. The minimum atomic E-state index is -0.0649. The van der Waals surface area contributed by atoms with Gasteiger partial charge in [-0.25, -0.2) is 9.97 Å². The summed E-state index contributed by atoms with van der Waals surface area (Å²) in [5.41, 5.74) is 3.39. The SMILES string of the molecule is Cc1cc(-c2ccc(C(=O)NC3CCOC3)cc2)nc(N2CCOCC2)n1. The zero-order valence-corrected chi connectivity index (χ0v) is 15.5. The van der Waals surface area contributed by atoms with Gasteiger partial charge < -0.3 is 19.7 Å². The predicted molar refractivity (Wildman–Crippen MR) is 102 cm³/mol. The smallest absolute Gasteiger partial charge is 0.251 e. The number of hydrogen-bond acceptors (Lipinski definition) is 6. The lowest BCUT2D eigenvalue weighted by molar-refractivity contribution is 0.0930. The molecule has 1 amide bonds. The lowest BCUT2D eigenvalue weighted by Gasteiger charge is -2.27. The average molecular weight is 368 g/mol. The van der Waals surface area contributed by atoms with Crippen LogP contribution in [-0.4, -0.2) is 61.4 Å². The Morgan fingerprint density at radius 1 is 1.11 bits per heavy atom. The molecular weight excluding hydrogens is 344 g/mol. The maximum absolute atomic E-state index is 12.4. The third-order valence-electron chi connectivity index (χ3n) is 4.84. The molecular formula is C20H24N4O3. The quantitative estimate of drug-likeness (QED) is 0.887. The Balaban J connectivity index is 1.51. The zero-order valence-electron chi connectivity index (χ0n) is 15.5. The molecule has 3 heterocycles. The van der Waals surface area contributed by atoms with Gasteiger partial charge in [-0.05, 0) is 31.5 Å². The van der Waals surface area contributed by atoms with Crippen LogP contribution >= 0.6 is 0 Å². The van der Waals surface area contributed by atoms with Gasteiger partial charge in [0.15, 0.2) is 0 Å². The highest BCUT2D eigenvalue weighted by Crippen LogP contribution is 2.22. The molecule has 2 aromatic rings. The molecule has 1 unspecified atom stereocenters. The summed E-state index contributed by atoms with van der Waals surface area (Å²) in [7, 11) is 0. The number of aromatic nitrogens is 2. The molecule has 0 bridgehead atoms. The van der Waals surface area contributed by atoms with Crippen LogP contribution in [0.2, 0.25) is 0 Å². The second kappa shape index (κ2) is 8.02. The summed E-state index contributed by atoms with van der Waals surface area (Å²) in [4.78, 5) is 23.8. The fourth-order valence-corrected chi connectivity index (χ4v) is 3.31. The first kappa shape index (κ1) is 17.9. The largest absolute Gasteiger partial charge is 0.379 e. The van der Waals surface area contributed by atoms with E-state index in [9.17, 15) is 4.79 Å². The van der Waals surface area contributed by atoms with E-state index in [2.05, 4.69) is 15.2 Å². The van der Waals surface area contributed by atoms with Crippen molar-refractivity contribution in [1.29, 1.82) is 0 Å². The normalized spacial score (nSPS) is 19.9. The number of aryl methyl sites for hydroxylation is 1. The first-order chi connectivity index (χ1) is 13.2. The Morgan fingerprint density at radius 2 is 1.89 bits per heavy atom. The second-order valence-corrected chi connectivity index (χ2v) is 6.91. The molecule has 4 rings (SSSR count). The number of anilines is 1. The van der Waals surface area contributed by atoms with Gasteiger partial charge in [-0.1, -0.05) is 12.1 Å². The minimum absolute atomic E-state index is 0.0649. The summed E-state index contributed by atoms with van der Waals surface area (Å²) in [6.07, 6.45) is 0.869. The number of carbonyl (C=O) groups is 1. The molecule has 0 radical (unpaired) electrons. The molecule has 0 saturated carbocycles. The van der Waals surface area contributed by atoms with E-state index in [1.54, 1.807) is 0 Å². The Labute approximate surface area is 158 Å². The highest BCUT2D eigenvalue weighted by molar-refractivity contribution is 5.94. The number of ether oxygens (including phenoxy) is 2. The van der Waals surface area contributed by atoms with Crippen LogP contribution < -0.4 is 10.2 Å². The van der Waals surface area contributed by atoms with Crippen molar-refractivity contribution >= 4 is 11.9 Å². The van der Waals surface area contributed by atoms with Crippen LogP contribution in [0.5, 0.6) is 0 Å². The Bertz CT molecular complexity index is 797. The van der Waals surface area contributed by atoms with E-state index in [0.29, 0.717) is 32.0 Å². The highest BCUT2D eigenvalue weighted by atomic mass is 16.5. The average Bonchev–Trinajstić information content (AvgIpc) is 3.21. The molecule has 2 saturated heterocycles. The first-order valence-corrected chi connectivity index (χ1v) is 9.36. The van der Waals surface area contributed by atoms with Crippen molar-refractivity contribution in [1.82, 2.24) is 15.3 Å². The maximum atomic E-state index is 12.4. The van der Waals surface area contributed by atoms with E-state index in [1.165, 1.54) is 0 Å². The summed E-state index contributed by atoms with van der Waals surface area (Å²) < 4.78 is 10.7. The van der Waals surface area contributed by atoms with Crippen molar-refractivity contribution in [2.45, 2.75) is 19.4 Å². The molecule has 2 aliphatic rings. The zero-order chi connectivity index (χ0) is 18.6. The van der Waals surface area contributed by atoms with Gasteiger partial charge in [0.1, 0.15) is 0 Å². The number of nitrogens with zero attached hydrogens (tertiary/aromatic N) is 3. The van der Waals surface area contributed by atoms with Gasteiger partial charge in [-0.2, -0.15) is 0 Å². The Kier molecular flexibility index (Phi) is 5.31. The third kappa shape index (κ3) is 4.26. The molecule has 1 aromatic carbocycles. The van der Waals surface area contributed by atoms with E-state index in [4.69, 9.17) is 14.5 Å². The summed E-state index contributed by atoms with van der Waals surface area (Å²) in [5.74, 6) is 0.668. The Morgan fingerprint density at radius 3 is 2.59 bits per heavy atom. The van der Waals surface area contributed by atoms with Crippen molar-refractivity contribution < 1.29 is 14.3 Å². The molecule has 2 aliphatic heterocycles. The van der Waals surface area contributed by atoms with Crippen LogP contribution in [0.25, 0.3) is 11.3 Å². The number of morpholine rings is 1. The summed E-state index contributed by atoms with van der Waals surface area (Å²) in [5, 5.41) is 3.01. The second-order valence-electron chi connectivity index (χ2n) is 6.91. The fraction of sp³-hybridized carbons (Fsp3) is 0.450. The number of benzene rings is 1. The molecule has 1 atom stereocenters. The van der Waals surface area contributed by atoms with Gasteiger partial charge in [-0.3, -0.25) is 4.79 Å². The highest BCUT2D eigenvalue weighted by Gasteiger charge is 2.19. The van der Waals surface area contributed by atoms with Gasteiger partial charge in [0.25, 0.3) is 5.91 Å². The summed E-state index contributed by atoms with van der Waals surface area (Å²) in [6, 6.07) is 9.63. The van der Waals surface area contributed by atoms with Gasteiger partial charge >= 0.3 is 0 Å². The van der Waals surface area contributed by atoms with E-state index < -0.39 is 0 Å². The number of rotatable bonds is 4. The van der Waals surface area contributed by atoms with Crippen molar-refractivity contribution in [2.75, 3.05) is 44.4 Å². The number of nitrogens with one attached hydrogen (secondary N) is 1. The van der Waals surface area contributed by atoms with E-state index in [1.807, 2.05) is 37.3 Å². The number of amides is 1. The van der Waals surface area contributed by atoms with Crippen LogP contribution in [0.15, 0.2) is 30.3 Å².